The summed E-state index contributed by atoms with van der Waals surface area (Å²) in [5.41, 5.74) is 0.603. The van der Waals surface area contributed by atoms with E-state index in [9.17, 15) is 4.79 Å². The van der Waals surface area contributed by atoms with Gasteiger partial charge in [-0.2, -0.15) is 5.10 Å². The Bertz CT molecular complexity index is 484. The zero-order valence-electron chi connectivity index (χ0n) is 13.2. The Hall–Kier alpha value is -0.920. The number of aromatic nitrogens is 2. The monoisotopic (exact) mass is 360 g/mol. The van der Waals surface area contributed by atoms with E-state index < -0.39 is 0 Å². The summed E-state index contributed by atoms with van der Waals surface area (Å²) in [4.78, 5) is 14.3. The zero-order valence-corrected chi connectivity index (χ0v) is 14.8. The van der Waals surface area contributed by atoms with Crippen molar-refractivity contribution in [3.8, 4) is 0 Å². The van der Waals surface area contributed by atoms with Crippen LogP contribution in [0.15, 0.2) is 15.5 Å². The van der Waals surface area contributed by atoms with E-state index in [2.05, 4.69) is 33.3 Å². The SMILES string of the molecule is CCCC(COC)Nc1cnn(CCN(C)C)c(=O)c1Br. The van der Waals surface area contributed by atoms with E-state index in [0.717, 1.165) is 25.1 Å². The summed E-state index contributed by atoms with van der Waals surface area (Å²) in [6.45, 7) is 4.07. The number of anilines is 1. The van der Waals surface area contributed by atoms with Crippen molar-refractivity contribution in [2.45, 2.75) is 32.4 Å². The maximum Gasteiger partial charge on any atom is 0.283 e. The van der Waals surface area contributed by atoms with Gasteiger partial charge < -0.3 is 15.0 Å². The lowest BCUT2D eigenvalue weighted by Gasteiger charge is -2.19. The maximum absolute atomic E-state index is 12.3. The second-order valence-corrected chi connectivity index (χ2v) is 6.08. The molecule has 21 heavy (non-hydrogen) atoms. The van der Waals surface area contributed by atoms with Gasteiger partial charge in [0.1, 0.15) is 4.47 Å². The summed E-state index contributed by atoms with van der Waals surface area (Å²) in [5.74, 6) is 0. The van der Waals surface area contributed by atoms with E-state index in [-0.39, 0.29) is 11.6 Å². The van der Waals surface area contributed by atoms with Gasteiger partial charge in [-0.15, -0.1) is 0 Å². The summed E-state index contributed by atoms with van der Waals surface area (Å²) >= 11 is 3.38. The van der Waals surface area contributed by atoms with Gasteiger partial charge in [-0.25, -0.2) is 4.68 Å². The average Bonchev–Trinajstić information content (AvgIpc) is 2.43. The molecule has 0 saturated heterocycles. The lowest BCUT2D eigenvalue weighted by atomic mass is 10.2. The van der Waals surface area contributed by atoms with Gasteiger partial charge in [0.05, 0.1) is 25.0 Å². The van der Waals surface area contributed by atoms with Crippen LogP contribution in [0.1, 0.15) is 19.8 Å². The molecule has 1 N–H and O–H groups in total. The highest BCUT2D eigenvalue weighted by Crippen LogP contribution is 2.18. The van der Waals surface area contributed by atoms with Gasteiger partial charge >= 0.3 is 0 Å². The fraction of sp³-hybridized carbons (Fsp3) is 0.714. The summed E-state index contributed by atoms with van der Waals surface area (Å²) in [5, 5.41) is 7.55. The van der Waals surface area contributed by atoms with E-state index in [1.165, 1.54) is 4.68 Å². The van der Waals surface area contributed by atoms with Crippen molar-refractivity contribution >= 4 is 21.6 Å². The van der Waals surface area contributed by atoms with Crippen LogP contribution < -0.4 is 10.9 Å². The molecule has 1 unspecified atom stereocenters. The number of methoxy groups -OCH3 is 1. The minimum atomic E-state index is -0.116. The van der Waals surface area contributed by atoms with Crippen molar-refractivity contribution in [1.82, 2.24) is 14.7 Å². The fourth-order valence-electron chi connectivity index (χ4n) is 1.99. The molecule has 120 valence electrons. The highest BCUT2D eigenvalue weighted by molar-refractivity contribution is 9.10. The molecule has 0 amide bonds. The average molecular weight is 361 g/mol. The zero-order chi connectivity index (χ0) is 15.8. The van der Waals surface area contributed by atoms with Gasteiger partial charge in [0.25, 0.3) is 5.56 Å². The minimum absolute atomic E-state index is 0.116. The van der Waals surface area contributed by atoms with Gasteiger partial charge in [-0.05, 0) is 36.4 Å². The molecule has 6 nitrogen and oxygen atoms in total. The lowest BCUT2D eigenvalue weighted by molar-refractivity contribution is 0.182. The van der Waals surface area contributed by atoms with Gasteiger partial charge in [0, 0.05) is 19.7 Å². The summed E-state index contributed by atoms with van der Waals surface area (Å²) in [6, 6.07) is 0.176. The number of nitrogens with zero attached hydrogens (tertiary/aromatic N) is 3. The molecule has 0 bridgehead atoms. The fourth-order valence-corrected chi connectivity index (χ4v) is 2.41. The molecule has 0 aliphatic rings. The molecule has 1 aromatic heterocycles. The molecular formula is C14H25BrN4O2. The standard InChI is InChI=1S/C14H25BrN4O2/c1-5-6-11(10-21-4)17-12-9-16-19(8-7-18(2)3)14(20)13(12)15/h9,11,17H,5-8,10H2,1-4H3. The number of likely N-dealkylation sites (N-methyl/N-ethyl adjacent to an activating group) is 1. The van der Waals surface area contributed by atoms with Crippen LogP contribution in [0, 0.1) is 0 Å². The first-order chi connectivity index (χ1) is 9.99. The second-order valence-electron chi connectivity index (χ2n) is 5.29. The number of hydrogen-bond donors (Lipinski definition) is 1. The number of hydrogen-bond acceptors (Lipinski definition) is 5. The van der Waals surface area contributed by atoms with Crippen LogP contribution in [-0.2, 0) is 11.3 Å². The molecule has 0 aromatic carbocycles. The maximum atomic E-state index is 12.3. The summed E-state index contributed by atoms with van der Waals surface area (Å²) in [7, 11) is 5.61. The van der Waals surface area contributed by atoms with E-state index in [0.29, 0.717) is 17.6 Å². The molecule has 0 aliphatic carbocycles. The normalized spacial score (nSPS) is 12.7. The number of ether oxygens (including phenoxy) is 1. The van der Waals surface area contributed by atoms with Crippen molar-refractivity contribution in [3.63, 3.8) is 0 Å². The molecule has 1 rings (SSSR count). The third-order valence-electron chi connectivity index (χ3n) is 3.11. The van der Waals surface area contributed by atoms with Crippen molar-refractivity contribution in [2.75, 3.05) is 39.7 Å². The van der Waals surface area contributed by atoms with Crippen molar-refractivity contribution < 1.29 is 4.74 Å². The Morgan fingerprint density at radius 2 is 2.24 bits per heavy atom. The number of nitrogens with one attached hydrogen (secondary N) is 1. The molecule has 0 fully saturated rings. The Labute approximate surface area is 134 Å². The van der Waals surface area contributed by atoms with E-state index >= 15 is 0 Å². The van der Waals surface area contributed by atoms with Crippen LogP contribution in [0.5, 0.6) is 0 Å². The Morgan fingerprint density at radius 3 is 2.81 bits per heavy atom. The largest absolute Gasteiger partial charge is 0.383 e. The molecule has 0 radical (unpaired) electrons. The van der Waals surface area contributed by atoms with Gasteiger partial charge in [-0.1, -0.05) is 13.3 Å². The molecule has 7 heteroatoms. The molecular weight excluding hydrogens is 336 g/mol. The van der Waals surface area contributed by atoms with Crippen LogP contribution in [-0.4, -0.2) is 55.1 Å². The van der Waals surface area contributed by atoms with Crippen molar-refractivity contribution in [3.05, 3.63) is 21.0 Å². The third kappa shape index (κ3) is 5.76. The smallest absolute Gasteiger partial charge is 0.283 e. The first-order valence-corrected chi connectivity index (χ1v) is 7.94. The quantitative estimate of drug-likeness (QED) is 0.727. The third-order valence-corrected chi connectivity index (χ3v) is 3.87. The van der Waals surface area contributed by atoms with Crippen LogP contribution in [0.2, 0.25) is 0 Å². The van der Waals surface area contributed by atoms with Crippen molar-refractivity contribution in [1.29, 1.82) is 0 Å². The van der Waals surface area contributed by atoms with Crippen LogP contribution in [0.4, 0.5) is 5.69 Å². The van der Waals surface area contributed by atoms with Gasteiger partial charge in [0.2, 0.25) is 0 Å². The lowest BCUT2D eigenvalue weighted by Crippen LogP contribution is -2.31. The highest BCUT2D eigenvalue weighted by atomic mass is 79.9. The molecule has 1 atom stereocenters. The number of rotatable bonds is 9. The van der Waals surface area contributed by atoms with E-state index in [1.807, 2.05) is 19.0 Å². The Kier molecular flexibility index (Phi) is 7.92. The Balaban J connectivity index is 2.85. The van der Waals surface area contributed by atoms with Gasteiger partial charge in [-0.3, -0.25) is 4.79 Å². The minimum Gasteiger partial charge on any atom is -0.383 e. The summed E-state index contributed by atoms with van der Waals surface area (Å²) < 4.78 is 7.19. The molecule has 1 aromatic rings. The summed E-state index contributed by atoms with van der Waals surface area (Å²) in [6.07, 6.45) is 3.72. The second kappa shape index (κ2) is 9.17. The molecule has 0 aliphatic heterocycles. The first kappa shape index (κ1) is 18.1. The first-order valence-electron chi connectivity index (χ1n) is 7.15. The highest BCUT2D eigenvalue weighted by Gasteiger charge is 2.13. The van der Waals surface area contributed by atoms with Crippen molar-refractivity contribution in [2.24, 2.45) is 0 Å². The Morgan fingerprint density at radius 1 is 1.52 bits per heavy atom. The van der Waals surface area contributed by atoms with Crippen LogP contribution in [0.3, 0.4) is 0 Å². The predicted octanol–water partition coefficient (Wildman–Crippen LogP) is 1.79. The number of halogens is 1. The topological polar surface area (TPSA) is 59.4 Å². The molecule has 0 spiro atoms. The molecule has 0 saturated carbocycles. The van der Waals surface area contributed by atoms with Crippen LogP contribution >= 0.6 is 15.9 Å². The van der Waals surface area contributed by atoms with Gasteiger partial charge in [0.15, 0.2) is 0 Å². The van der Waals surface area contributed by atoms with E-state index in [1.54, 1.807) is 13.3 Å². The molecule has 1 heterocycles. The predicted molar refractivity (Wildman–Crippen MR) is 88.9 cm³/mol. The van der Waals surface area contributed by atoms with E-state index in [4.69, 9.17) is 4.74 Å². The van der Waals surface area contributed by atoms with Crippen LogP contribution in [0.25, 0.3) is 0 Å².